The summed E-state index contributed by atoms with van der Waals surface area (Å²) in [5, 5.41) is 2.80. The molecule has 2 heterocycles. The Kier molecular flexibility index (Phi) is 7.71. The third kappa shape index (κ3) is 6.05. The van der Waals surface area contributed by atoms with Gasteiger partial charge in [0, 0.05) is 32.7 Å². The van der Waals surface area contributed by atoms with Gasteiger partial charge in [-0.2, -0.15) is 0 Å². The monoisotopic (exact) mass is 563 g/mol. The van der Waals surface area contributed by atoms with Crippen LogP contribution in [-0.2, 0) is 21.6 Å². The molecule has 2 aromatic rings. The summed E-state index contributed by atoms with van der Waals surface area (Å²) in [5.41, 5.74) is 0.0746. The number of imide groups is 1. The van der Waals surface area contributed by atoms with E-state index in [0.29, 0.717) is 29.4 Å². The third-order valence-corrected chi connectivity index (χ3v) is 9.02. The summed E-state index contributed by atoms with van der Waals surface area (Å²) >= 11 is 0. The van der Waals surface area contributed by atoms with Gasteiger partial charge in [-0.25, -0.2) is 14.1 Å². The molecule has 2 fully saturated rings. The first-order chi connectivity index (χ1) is 19.1. The average molecular weight is 564 g/mol. The molecule has 210 valence electrons. The maximum Gasteiger partial charge on any atom is 0.327 e. The summed E-state index contributed by atoms with van der Waals surface area (Å²) in [6, 6.07) is 11.0. The van der Waals surface area contributed by atoms with Gasteiger partial charge in [0.05, 0.1) is 6.54 Å². The van der Waals surface area contributed by atoms with Crippen molar-refractivity contribution >= 4 is 25.9 Å². The number of ether oxygens (including phenoxy) is 2. The van der Waals surface area contributed by atoms with Gasteiger partial charge in [-0.05, 0) is 54.3 Å². The Bertz CT molecular complexity index is 1380. The topological polar surface area (TPSA) is 88.2 Å². The molecule has 2 aromatic carbocycles. The zero-order valence-corrected chi connectivity index (χ0v) is 24.1. The second kappa shape index (κ2) is 11.1. The molecule has 1 saturated carbocycles. The van der Waals surface area contributed by atoms with Crippen LogP contribution in [0.2, 0.25) is 25.7 Å². The van der Waals surface area contributed by atoms with E-state index in [4.69, 9.17) is 9.47 Å². The maximum atomic E-state index is 13.8. The Labute approximate surface area is 234 Å². The van der Waals surface area contributed by atoms with Crippen LogP contribution in [0.1, 0.15) is 34.3 Å². The first kappa shape index (κ1) is 27.9. The summed E-state index contributed by atoms with van der Waals surface area (Å²) in [7, 11) is -1.36. The van der Waals surface area contributed by atoms with E-state index in [1.807, 2.05) is 6.07 Å². The summed E-state index contributed by atoms with van der Waals surface area (Å²) in [6.07, 6.45) is 2.28. The molecule has 1 aliphatic carbocycles. The lowest BCUT2D eigenvalue weighted by Gasteiger charge is -2.31. The number of urea groups is 1. The number of rotatable bonds is 10. The van der Waals surface area contributed by atoms with Crippen molar-refractivity contribution in [3.05, 3.63) is 65.0 Å². The Morgan fingerprint density at radius 2 is 1.85 bits per heavy atom. The standard InChI is InChI=1S/C30H34FN3O5Si/c1-40(2,3)16-15-38-20-34-28(36)30(32-29(34)37,23-9-11-24(31)12-10-23)19-33-18-22-8-13-25(17-26(22)27(33)35)39-14-4-5-21-6-7-21/h8-13,17,21H,6-7,14-16,18-20H2,1-3H3,(H,32,37)/t30-/m0/s1. The number of nitrogens with one attached hydrogen (secondary N) is 1. The van der Waals surface area contributed by atoms with Crippen molar-refractivity contribution in [2.75, 3.05) is 26.5 Å². The van der Waals surface area contributed by atoms with Crippen molar-refractivity contribution < 1.29 is 28.2 Å². The first-order valence-electron chi connectivity index (χ1n) is 13.6. The van der Waals surface area contributed by atoms with Crippen LogP contribution >= 0.6 is 0 Å². The normalized spacial score (nSPS) is 20.4. The molecule has 1 atom stereocenters. The fraction of sp³-hybridized carbons (Fsp3) is 0.433. The van der Waals surface area contributed by atoms with Crippen LogP contribution in [0.15, 0.2) is 42.5 Å². The third-order valence-electron chi connectivity index (χ3n) is 7.31. The SMILES string of the molecule is C[Si](C)(C)CCOCN1C(=O)N[C@@](CN2Cc3ccc(OCC#CC4CC4)cc3C2=O)(c2ccc(F)cc2)C1=O. The van der Waals surface area contributed by atoms with E-state index < -0.39 is 31.4 Å². The van der Waals surface area contributed by atoms with E-state index in [0.717, 1.165) is 29.3 Å². The molecule has 0 bridgehead atoms. The smallest absolute Gasteiger partial charge is 0.327 e. The molecular weight excluding hydrogens is 529 g/mol. The van der Waals surface area contributed by atoms with Crippen LogP contribution < -0.4 is 10.1 Å². The van der Waals surface area contributed by atoms with Gasteiger partial charge in [-0.15, -0.1) is 0 Å². The molecule has 3 aliphatic rings. The van der Waals surface area contributed by atoms with Crippen LogP contribution in [0.5, 0.6) is 5.75 Å². The molecule has 1 N–H and O–H groups in total. The van der Waals surface area contributed by atoms with Gasteiger partial charge in [0.1, 0.15) is 24.9 Å². The molecule has 0 radical (unpaired) electrons. The van der Waals surface area contributed by atoms with E-state index >= 15 is 0 Å². The number of hydrogen-bond acceptors (Lipinski definition) is 5. The number of amides is 4. The van der Waals surface area contributed by atoms with Gasteiger partial charge in [-0.1, -0.05) is 49.7 Å². The molecule has 0 aromatic heterocycles. The highest BCUT2D eigenvalue weighted by Gasteiger charge is 2.54. The highest BCUT2D eigenvalue weighted by atomic mass is 28.3. The quantitative estimate of drug-likeness (QED) is 0.201. The molecule has 40 heavy (non-hydrogen) atoms. The average Bonchev–Trinajstić information content (AvgIpc) is 3.64. The van der Waals surface area contributed by atoms with Crippen molar-refractivity contribution in [2.45, 2.75) is 50.6 Å². The van der Waals surface area contributed by atoms with Crippen molar-refractivity contribution in [3.8, 4) is 17.6 Å². The molecular formula is C30H34FN3O5Si. The number of halogens is 1. The lowest BCUT2D eigenvalue weighted by atomic mass is 9.89. The Balaban J connectivity index is 1.33. The number of hydrogen-bond donors (Lipinski definition) is 1. The molecule has 10 heteroatoms. The molecule has 0 spiro atoms. The predicted octanol–water partition coefficient (Wildman–Crippen LogP) is 4.33. The Morgan fingerprint density at radius 1 is 1.10 bits per heavy atom. The highest BCUT2D eigenvalue weighted by Crippen LogP contribution is 2.35. The molecule has 8 nitrogen and oxygen atoms in total. The van der Waals surface area contributed by atoms with Gasteiger partial charge in [0.25, 0.3) is 11.8 Å². The zero-order chi connectivity index (χ0) is 28.5. The van der Waals surface area contributed by atoms with Crippen LogP contribution in [-0.4, -0.2) is 62.2 Å². The number of carbonyl (C=O) groups excluding carboxylic acids is 3. The minimum atomic E-state index is -1.58. The van der Waals surface area contributed by atoms with Gasteiger partial charge < -0.3 is 19.7 Å². The number of carbonyl (C=O) groups is 3. The fourth-order valence-electron chi connectivity index (χ4n) is 4.78. The fourth-order valence-corrected chi connectivity index (χ4v) is 5.54. The lowest BCUT2D eigenvalue weighted by molar-refractivity contribution is -0.135. The summed E-state index contributed by atoms with van der Waals surface area (Å²) < 4.78 is 25.2. The van der Waals surface area contributed by atoms with Gasteiger partial charge >= 0.3 is 6.03 Å². The summed E-state index contributed by atoms with van der Waals surface area (Å²) in [6.45, 7) is 7.27. The summed E-state index contributed by atoms with van der Waals surface area (Å²) in [5.74, 6) is 5.89. The van der Waals surface area contributed by atoms with Crippen molar-refractivity contribution in [1.29, 1.82) is 0 Å². The van der Waals surface area contributed by atoms with Crippen LogP contribution in [0, 0.1) is 23.6 Å². The second-order valence-corrected chi connectivity index (χ2v) is 17.4. The molecule has 5 rings (SSSR count). The van der Waals surface area contributed by atoms with Gasteiger partial charge in [0.15, 0.2) is 5.54 Å². The molecule has 2 aliphatic heterocycles. The van der Waals surface area contributed by atoms with Gasteiger partial charge in [-0.3, -0.25) is 9.59 Å². The Hall–Kier alpha value is -3.68. The van der Waals surface area contributed by atoms with E-state index in [1.165, 1.54) is 29.2 Å². The minimum absolute atomic E-state index is 0.120. The second-order valence-electron chi connectivity index (χ2n) is 11.8. The van der Waals surface area contributed by atoms with E-state index in [2.05, 4.69) is 36.8 Å². The Morgan fingerprint density at radius 3 is 2.55 bits per heavy atom. The van der Waals surface area contributed by atoms with E-state index in [1.54, 1.807) is 12.1 Å². The van der Waals surface area contributed by atoms with Crippen LogP contribution in [0.3, 0.4) is 0 Å². The predicted molar refractivity (Wildman–Crippen MR) is 150 cm³/mol. The van der Waals surface area contributed by atoms with E-state index in [9.17, 15) is 18.8 Å². The lowest BCUT2D eigenvalue weighted by Crippen LogP contribution is -2.53. The molecule has 4 amide bonds. The number of benzene rings is 2. The zero-order valence-electron chi connectivity index (χ0n) is 23.1. The highest BCUT2D eigenvalue weighted by molar-refractivity contribution is 6.76. The van der Waals surface area contributed by atoms with E-state index in [-0.39, 0.29) is 32.3 Å². The van der Waals surface area contributed by atoms with Crippen LogP contribution in [0.25, 0.3) is 0 Å². The largest absolute Gasteiger partial charge is 0.481 e. The van der Waals surface area contributed by atoms with Crippen molar-refractivity contribution in [1.82, 2.24) is 15.1 Å². The van der Waals surface area contributed by atoms with Crippen molar-refractivity contribution in [3.63, 3.8) is 0 Å². The summed E-state index contributed by atoms with van der Waals surface area (Å²) in [4.78, 5) is 42.9. The molecule has 0 unspecified atom stereocenters. The van der Waals surface area contributed by atoms with Gasteiger partial charge in [0.2, 0.25) is 0 Å². The first-order valence-corrected chi connectivity index (χ1v) is 17.3. The number of nitrogens with zero attached hydrogens (tertiary/aromatic N) is 2. The number of fused-ring (bicyclic) bond motifs is 1. The van der Waals surface area contributed by atoms with Crippen molar-refractivity contribution in [2.24, 2.45) is 5.92 Å². The minimum Gasteiger partial charge on any atom is -0.481 e. The maximum absolute atomic E-state index is 13.8. The van der Waals surface area contributed by atoms with Crippen LogP contribution in [0.4, 0.5) is 9.18 Å². The molecule has 1 saturated heterocycles.